The molecule has 33 heavy (non-hydrogen) atoms. The van der Waals surface area contributed by atoms with E-state index in [9.17, 15) is 22.4 Å². The minimum Gasteiger partial charge on any atom is -0.496 e. The van der Waals surface area contributed by atoms with E-state index >= 15 is 0 Å². The number of benzene rings is 1. The van der Waals surface area contributed by atoms with Crippen molar-refractivity contribution in [1.82, 2.24) is 9.78 Å². The number of carbonyl (C=O) groups excluding carboxylic acids is 1. The molecule has 0 aliphatic carbocycles. The lowest BCUT2D eigenvalue weighted by molar-refractivity contribution is 0.105. The van der Waals surface area contributed by atoms with Crippen molar-refractivity contribution in [3.63, 3.8) is 0 Å². The summed E-state index contributed by atoms with van der Waals surface area (Å²) in [7, 11) is 1.42. The molecule has 0 unspecified atom stereocenters. The van der Waals surface area contributed by atoms with Crippen molar-refractivity contribution in [3.8, 4) is 5.75 Å². The van der Waals surface area contributed by atoms with Crippen LogP contribution in [0, 0.1) is 0 Å². The van der Waals surface area contributed by atoms with Crippen LogP contribution in [0.15, 0.2) is 40.9 Å². The zero-order valence-electron chi connectivity index (χ0n) is 17.8. The van der Waals surface area contributed by atoms with Crippen LogP contribution in [-0.4, -0.2) is 22.7 Å². The van der Waals surface area contributed by atoms with Gasteiger partial charge in [0.2, 0.25) is 0 Å². The Labute approximate surface area is 201 Å². The first kappa shape index (κ1) is 25.2. The van der Waals surface area contributed by atoms with E-state index in [0.29, 0.717) is 27.8 Å². The highest BCUT2D eigenvalue weighted by atomic mass is 79.9. The molecular formula is C23H21BrF4N2O2S. The summed E-state index contributed by atoms with van der Waals surface area (Å²) in [6.45, 7) is 1.88. The lowest BCUT2D eigenvalue weighted by Gasteiger charge is -2.12. The van der Waals surface area contributed by atoms with Crippen LogP contribution in [0.25, 0.3) is 6.08 Å². The van der Waals surface area contributed by atoms with E-state index in [1.54, 1.807) is 30.3 Å². The monoisotopic (exact) mass is 544 g/mol. The summed E-state index contributed by atoms with van der Waals surface area (Å²) in [5, 5.41) is 3.63. The van der Waals surface area contributed by atoms with Crippen molar-refractivity contribution in [2.75, 3.05) is 7.11 Å². The Morgan fingerprint density at radius 2 is 1.97 bits per heavy atom. The molecule has 3 rings (SSSR count). The predicted molar refractivity (Wildman–Crippen MR) is 124 cm³/mol. The minimum atomic E-state index is -2.96. The van der Waals surface area contributed by atoms with Crippen LogP contribution >= 0.6 is 27.3 Å². The topological polar surface area (TPSA) is 44.1 Å². The molecule has 0 saturated heterocycles. The third-order valence-electron chi connectivity index (χ3n) is 4.81. The number of rotatable bonds is 10. The predicted octanol–water partition coefficient (Wildman–Crippen LogP) is 7.49. The summed E-state index contributed by atoms with van der Waals surface area (Å²) < 4.78 is 59.6. The number of ketones is 1. The molecule has 0 atom stereocenters. The van der Waals surface area contributed by atoms with Gasteiger partial charge in [-0.3, -0.25) is 9.48 Å². The number of hydrogen-bond donors (Lipinski definition) is 0. The lowest BCUT2D eigenvalue weighted by atomic mass is 10.1. The number of aromatic nitrogens is 2. The molecule has 176 valence electrons. The van der Waals surface area contributed by atoms with Crippen molar-refractivity contribution in [2.45, 2.75) is 39.2 Å². The highest BCUT2D eigenvalue weighted by Gasteiger charge is 2.22. The maximum absolute atomic E-state index is 13.3. The standard InChI is InChI=1S/C23H21BrF4N2O2S/c1-3-4-20-15(24)10-21(33-20)18(31)7-5-13-6-8-19(32-2)14(9-13)12-30-17(23(27)28)11-16(29-30)22(25)26/h5-11,22-23H,3-4,12H2,1-2H3/b7-5+. The summed E-state index contributed by atoms with van der Waals surface area (Å²) in [5.74, 6) is 0.230. The van der Waals surface area contributed by atoms with Gasteiger partial charge in [-0.25, -0.2) is 17.6 Å². The Kier molecular flexibility index (Phi) is 8.47. The number of methoxy groups -OCH3 is 1. The largest absolute Gasteiger partial charge is 0.496 e. The quantitative estimate of drug-likeness (QED) is 0.151. The van der Waals surface area contributed by atoms with E-state index in [4.69, 9.17) is 4.74 Å². The van der Waals surface area contributed by atoms with Crippen LogP contribution in [0.2, 0.25) is 0 Å². The normalized spacial score (nSPS) is 11.8. The molecule has 0 N–H and O–H groups in total. The van der Waals surface area contributed by atoms with Gasteiger partial charge in [-0.2, -0.15) is 5.10 Å². The first-order valence-corrected chi connectivity index (χ1v) is 11.7. The van der Waals surface area contributed by atoms with E-state index in [-0.39, 0.29) is 12.3 Å². The number of thiophene rings is 1. The zero-order valence-corrected chi connectivity index (χ0v) is 20.2. The van der Waals surface area contributed by atoms with Crippen molar-refractivity contribution < 1.29 is 27.1 Å². The Morgan fingerprint density at radius 3 is 2.61 bits per heavy atom. The molecule has 0 bridgehead atoms. The van der Waals surface area contributed by atoms with Crippen LogP contribution in [0.5, 0.6) is 5.75 Å². The fourth-order valence-electron chi connectivity index (χ4n) is 3.23. The fraction of sp³-hybridized carbons (Fsp3) is 0.304. The maximum Gasteiger partial charge on any atom is 0.282 e. The summed E-state index contributed by atoms with van der Waals surface area (Å²) >= 11 is 4.91. The number of allylic oxidation sites excluding steroid dienone is 1. The van der Waals surface area contributed by atoms with Gasteiger partial charge in [0, 0.05) is 14.9 Å². The second kappa shape index (κ2) is 11.1. The molecule has 0 aliphatic rings. The Bertz CT molecular complexity index is 1160. The van der Waals surface area contributed by atoms with Gasteiger partial charge in [-0.15, -0.1) is 11.3 Å². The van der Waals surface area contributed by atoms with Crippen LogP contribution in [-0.2, 0) is 13.0 Å². The highest BCUT2D eigenvalue weighted by Crippen LogP contribution is 2.30. The lowest BCUT2D eigenvalue weighted by Crippen LogP contribution is -2.08. The van der Waals surface area contributed by atoms with Gasteiger partial charge in [-0.1, -0.05) is 25.5 Å². The average Bonchev–Trinajstić information content (AvgIpc) is 3.36. The van der Waals surface area contributed by atoms with Gasteiger partial charge < -0.3 is 4.74 Å². The van der Waals surface area contributed by atoms with Gasteiger partial charge in [0.1, 0.15) is 17.1 Å². The molecule has 2 heterocycles. The molecular weight excluding hydrogens is 524 g/mol. The summed E-state index contributed by atoms with van der Waals surface area (Å²) in [4.78, 5) is 14.3. The second-order valence-corrected chi connectivity index (χ2v) is 9.14. The SMILES string of the molecule is CCCc1sc(C(=O)/C=C/c2ccc(OC)c(Cn3nc(C(F)F)cc3C(F)F)c2)cc1Br. The average molecular weight is 545 g/mol. The Morgan fingerprint density at radius 1 is 1.21 bits per heavy atom. The Hall–Kier alpha value is -2.46. The number of alkyl halides is 4. The molecule has 0 radical (unpaired) electrons. The van der Waals surface area contributed by atoms with E-state index < -0.39 is 24.2 Å². The van der Waals surface area contributed by atoms with E-state index in [2.05, 4.69) is 28.0 Å². The number of hydrogen-bond acceptors (Lipinski definition) is 4. The van der Waals surface area contributed by atoms with E-state index in [1.807, 2.05) is 0 Å². The van der Waals surface area contributed by atoms with Crippen molar-refractivity contribution in [2.24, 2.45) is 0 Å². The fourth-order valence-corrected chi connectivity index (χ4v) is 5.12. The third kappa shape index (κ3) is 6.11. The second-order valence-electron chi connectivity index (χ2n) is 7.15. The minimum absolute atomic E-state index is 0.158. The van der Waals surface area contributed by atoms with Gasteiger partial charge >= 0.3 is 0 Å². The van der Waals surface area contributed by atoms with Crippen molar-refractivity contribution >= 4 is 39.1 Å². The molecule has 0 spiro atoms. The smallest absolute Gasteiger partial charge is 0.282 e. The molecule has 10 heteroatoms. The van der Waals surface area contributed by atoms with Crippen LogP contribution in [0.1, 0.15) is 63.3 Å². The Balaban J connectivity index is 1.86. The molecule has 4 nitrogen and oxygen atoms in total. The number of carbonyl (C=O) groups is 1. The molecule has 0 fully saturated rings. The molecule has 2 aromatic heterocycles. The maximum atomic E-state index is 13.3. The third-order valence-corrected chi connectivity index (χ3v) is 6.99. The van der Waals surface area contributed by atoms with Gasteiger partial charge in [0.15, 0.2) is 5.78 Å². The highest BCUT2D eigenvalue weighted by molar-refractivity contribution is 9.10. The number of nitrogens with zero attached hydrogens (tertiary/aromatic N) is 2. The van der Waals surface area contributed by atoms with Crippen molar-refractivity contribution in [1.29, 1.82) is 0 Å². The number of aryl methyl sites for hydroxylation is 1. The number of ether oxygens (including phenoxy) is 1. The van der Waals surface area contributed by atoms with E-state index in [1.165, 1.54) is 24.5 Å². The first-order valence-electron chi connectivity index (χ1n) is 10.0. The van der Waals surface area contributed by atoms with Crippen LogP contribution in [0.4, 0.5) is 17.6 Å². The molecule has 0 aliphatic heterocycles. The summed E-state index contributed by atoms with van der Waals surface area (Å²) in [6.07, 6.45) is -1.02. The zero-order chi connectivity index (χ0) is 24.1. The molecule has 3 aromatic rings. The van der Waals surface area contributed by atoms with Gasteiger partial charge in [0.25, 0.3) is 12.9 Å². The molecule has 0 saturated carbocycles. The van der Waals surface area contributed by atoms with E-state index in [0.717, 1.165) is 26.9 Å². The summed E-state index contributed by atoms with van der Waals surface area (Å²) in [5.41, 5.74) is -0.226. The number of halogens is 5. The van der Waals surface area contributed by atoms with Gasteiger partial charge in [0.05, 0.1) is 18.5 Å². The van der Waals surface area contributed by atoms with Crippen LogP contribution in [0.3, 0.4) is 0 Å². The summed E-state index contributed by atoms with van der Waals surface area (Å²) in [6, 6.07) is 7.48. The van der Waals surface area contributed by atoms with Crippen LogP contribution < -0.4 is 4.74 Å². The first-order chi connectivity index (χ1) is 15.7. The van der Waals surface area contributed by atoms with Gasteiger partial charge in [-0.05, 0) is 58.3 Å². The van der Waals surface area contributed by atoms with Crippen molar-refractivity contribution in [3.05, 3.63) is 73.1 Å². The molecule has 0 amide bonds. The molecule has 1 aromatic carbocycles.